The van der Waals surface area contributed by atoms with Crippen LogP contribution in [0.3, 0.4) is 0 Å². The van der Waals surface area contributed by atoms with Crippen molar-refractivity contribution < 1.29 is 4.39 Å². The maximum absolute atomic E-state index is 12.6. The van der Waals surface area contributed by atoms with Gasteiger partial charge in [0.2, 0.25) is 0 Å². The zero-order valence-corrected chi connectivity index (χ0v) is 6.96. The Morgan fingerprint density at radius 2 is 2.40 bits per heavy atom. The van der Waals surface area contributed by atoms with Crippen molar-refractivity contribution in [3.63, 3.8) is 0 Å². The number of pyridine rings is 1. The quantitative estimate of drug-likeness (QED) is 0.517. The van der Waals surface area contributed by atoms with Crippen molar-refractivity contribution in [2.24, 2.45) is 0 Å². The minimum atomic E-state index is -0.512. The van der Waals surface area contributed by atoms with E-state index in [2.05, 4.69) is 4.98 Å². The first-order valence-electron chi connectivity index (χ1n) is 2.45. The topological polar surface area (TPSA) is 36.7 Å². The normalized spacial score (nSPS) is 8.90. The second-order valence-electron chi connectivity index (χ2n) is 1.60. The van der Waals surface area contributed by atoms with E-state index >= 15 is 0 Å². The van der Waals surface area contributed by atoms with Gasteiger partial charge in [-0.2, -0.15) is 5.26 Å². The smallest absolute Gasteiger partial charge is 0.145 e. The highest BCUT2D eigenvalue weighted by atomic mass is 127. The number of halogens is 2. The van der Waals surface area contributed by atoms with Crippen LogP contribution in [0, 0.1) is 20.8 Å². The van der Waals surface area contributed by atoms with E-state index in [0.717, 1.165) is 0 Å². The highest BCUT2D eigenvalue weighted by molar-refractivity contribution is 14.1. The zero-order chi connectivity index (χ0) is 7.56. The number of aromatic nitrogens is 1. The summed E-state index contributed by atoms with van der Waals surface area (Å²) in [6, 6.07) is 2.90. The molecule has 0 fully saturated rings. The molecule has 0 saturated carbocycles. The Morgan fingerprint density at radius 1 is 1.70 bits per heavy atom. The van der Waals surface area contributed by atoms with Gasteiger partial charge in [-0.3, -0.25) is 0 Å². The number of rotatable bonds is 0. The van der Waals surface area contributed by atoms with Gasteiger partial charge in [0.05, 0.1) is 0 Å². The predicted octanol–water partition coefficient (Wildman–Crippen LogP) is 1.70. The standard InChI is InChI=1S/C6H2FIN2/c7-5-1-6(8)10-3-4(5)2-9/h1,3H. The lowest BCUT2D eigenvalue weighted by molar-refractivity contribution is 0.620. The zero-order valence-electron chi connectivity index (χ0n) is 4.81. The Kier molecular flexibility index (Phi) is 2.17. The van der Waals surface area contributed by atoms with Gasteiger partial charge in [0, 0.05) is 12.3 Å². The molecule has 0 aromatic carbocycles. The Morgan fingerprint density at radius 3 is 2.90 bits per heavy atom. The second kappa shape index (κ2) is 2.92. The van der Waals surface area contributed by atoms with E-state index in [1.165, 1.54) is 12.3 Å². The Labute approximate surface area is 70.8 Å². The Hall–Kier alpha value is -0.700. The van der Waals surface area contributed by atoms with Crippen molar-refractivity contribution in [1.82, 2.24) is 4.98 Å². The van der Waals surface area contributed by atoms with Crippen LogP contribution in [0.5, 0.6) is 0 Å². The summed E-state index contributed by atoms with van der Waals surface area (Å²) in [6.07, 6.45) is 1.22. The lowest BCUT2D eigenvalue weighted by atomic mass is 10.3. The summed E-state index contributed by atoms with van der Waals surface area (Å²) in [7, 11) is 0. The van der Waals surface area contributed by atoms with Crippen LogP contribution in [0.1, 0.15) is 5.56 Å². The molecule has 2 nitrogen and oxygen atoms in total. The summed E-state index contributed by atoms with van der Waals surface area (Å²) in [5.74, 6) is -0.512. The van der Waals surface area contributed by atoms with Crippen molar-refractivity contribution >= 4 is 22.6 Å². The molecule has 0 radical (unpaired) electrons. The van der Waals surface area contributed by atoms with Crippen molar-refractivity contribution in [3.05, 3.63) is 27.3 Å². The van der Waals surface area contributed by atoms with Gasteiger partial charge in [-0.05, 0) is 22.6 Å². The first-order chi connectivity index (χ1) is 4.74. The summed E-state index contributed by atoms with van der Waals surface area (Å²) in [4.78, 5) is 3.73. The minimum Gasteiger partial charge on any atom is -0.249 e. The first kappa shape index (κ1) is 7.41. The van der Waals surface area contributed by atoms with E-state index in [1.807, 2.05) is 22.6 Å². The number of nitriles is 1. The van der Waals surface area contributed by atoms with Gasteiger partial charge in [0.25, 0.3) is 0 Å². The fraction of sp³-hybridized carbons (Fsp3) is 0. The molecule has 1 heterocycles. The summed E-state index contributed by atoms with van der Waals surface area (Å²) in [6.45, 7) is 0. The van der Waals surface area contributed by atoms with Gasteiger partial charge >= 0.3 is 0 Å². The molecule has 0 spiro atoms. The molecular weight excluding hydrogens is 246 g/mol. The molecule has 1 aromatic heterocycles. The first-order valence-corrected chi connectivity index (χ1v) is 3.53. The lowest BCUT2D eigenvalue weighted by Crippen LogP contribution is -1.87. The molecule has 0 aliphatic carbocycles. The number of hydrogen-bond acceptors (Lipinski definition) is 2. The molecule has 0 aliphatic rings. The molecule has 0 amide bonds. The maximum Gasteiger partial charge on any atom is 0.145 e. The summed E-state index contributed by atoms with van der Waals surface area (Å²) in [5, 5.41) is 8.28. The van der Waals surface area contributed by atoms with Crippen molar-refractivity contribution in [3.8, 4) is 6.07 Å². The van der Waals surface area contributed by atoms with E-state index < -0.39 is 5.82 Å². The van der Waals surface area contributed by atoms with Crippen molar-refractivity contribution in [2.75, 3.05) is 0 Å². The van der Waals surface area contributed by atoms with Gasteiger partial charge < -0.3 is 0 Å². The molecule has 10 heavy (non-hydrogen) atoms. The van der Waals surface area contributed by atoms with E-state index in [0.29, 0.717) is 3.70 Å². The molecule has 0 aliphatic heterocycles. The summed E-state index contributed by atoms with van der Waals surface area (Å²) < 4.78 is 13.1. The third kappa shape index (κ3) is 1.42. The van der Waals surface area contributed by atoms with E-state index in [-0.39, 0.29) is 5.56 Å². The number of nitrogens with zero attached hydrogens (tertiary/aromatic N) is 2. The van der Waals surface area contributed by atoms with Crippen LogP contribution in [0.4, 0.5) is 4.39 Å². The third-order valence-corrected chi connectivity index (χ3v) is 1.53. The van der Waals surface area contributed by atoms with E-state index in [1.54, 1.807) is 6.07 Å². The van der Waals surface area contributed by atoms with Gasteiger partial charge in [0.1, 0.15) is 21.2 Å². The summed E-state index contributed by atoms with van der Waals surface area (Å²) >= 11 is 1.88. The monoisotopic (exact) mass is 248 g/mol. The highest BCUT2D eigenvalue weighted by Gasteiger charge is 2.00. The Bertz CT molecular complexity index is 292. The van der Waals surface area contributed by atoms with Gasteiger partial charge in [0.15, 0.2) is 0 Å². The number of hydrogen-bond donors (Lipinski definition) is 0. The maximum atomic E-state index is 12.6. The highest BCUT2D eigenvalue weighted by Crippen LogP contribution is 2.07. The van der Waals surface area contributed by atoms with Crippen LogP contribution in [-0.2, 0) is 0 Å². The molecule has 4 heteroatoms. The molecule has 0 atom stereocenters. The average Bonchev–Trinajstić information content (AvgIpc) is 1.88. The summed E-state index contributed by atoms with van der Waals surface area (Å²) in [5.41, 5.74) is -0.0135. The van der Waals surface area contributed by atoms with Gasteiger partial charge in [-0.25, -0.2) is 9.37 Å². The molecular formula is C6H2FIN2. The average molecular weight is 248 g/mol. The molecule has 0 N–H and O–H groups in total. The molecule has 0 bridgehead atoms. The third-order valence-electron chi connectivity index (χ3n) is 0.941. The van der Waals surface area contributed by atoms with Crippen LogP contribution < -0.4 is 0 Å². The predicted molar refractivity (Wildman–Crippen MR) is 41.6 cm³/mol. The van der Waals surface area contributed by atoms with Crippen LogP contribution in [0.25, 0.3) is 0 Å². The Balaban J connectivity index is 3.23. The minimum absolute atomic E-state index is 0.0135. The van der Waals surface area contributed by atoms with Crippen LogP contribution >= 0.6 is 22.6 Å². The molecule has 1 rings (SSSR count). The van der Waals surface area contributed by atoms with Crippen molar-refractivity contribution in [1.29, 1.82) is 5.26 Å². The van der Waals surface area contributed by atoms with E-state index in [4.69, 9.17) is 5.26 Å². The SMILES string of the molecule is N#Cc1cnc(I)cc1F. The van der Waals surface area contributed by atoms with Gasteiger partial charge in [-0.1, -0.05) is 0 Å². The van der Waals surface area contributed by atoms with E-state index in [9.17, 15) is 4.39 Å². The molecule has 0 saturated heterocycles. The molecule has 0 unspecified atom stereocenters. The lowest BCUT2D eigenvalue weighted by Gasteiger charge is -1.90. The van der Waals surface area contributed by atoms with Crippen LogP contribution in [-0.4, -0.2) is 4.98 Å². The van der Waals surface area contributed by atoms with Crippen LogP contribution in [0.2, 0.25) is 0 Å². The second-order valence-corrected chi connectivity index (χ2v) is 2.70. The van der Waals surface area contributed by atoms with Gasteiger partial charge in [-0.15, -0.1) is 0 Å². The van der Waals surface area contributed by atoms with Crippen molar-refractivity contribution in [2.45, 2.75) is 0 Å². The van der Waals surface area contributed by atoms with Crippen LogP contribution in [0.15, 0.2) is 12.3 Å². The fourth-order valence-electron chi connectivity index (χ4n) is 0.490. The fourth-order valence-corrected chi connectivity index (χ4v) is 0.902. The largest absolute Gasteiger partial charge is 0.249 e. The molecule has 50 valence electrons. The molecule has 1 aromatic rings.